The van der Waals surface area contributed by atoms with E-state index in [0.717, 1.165) is 11.3 Å². The van der Waals surface area contributed by atoms with Crippen LogP contribution in [0.2, 0.25) is 5.02 Å². The SMILES string of the molecule is COC(=O)c1cnc(NC(=O)c2ccccc2Cl)s1. The molecule has 1 aromatic heterocycles. The van der Waals surface area contributed by atoms with Crippen LogP contribution in [0.15, 0.2) is 30.5 Å². The first-order valence-corrected chi connectivity index (χ1v) is 6.41. The molecule has 0 fully saturated rings. The molecule has 2 aromatic rings. The van der Waals surface area contributed by atoms with Crippen LogP contribution in [0.1, 0.15) is 20.0 Å². The zero-order valence-corrected chi connectivity index (χ0v) is 11.4. The average Bonchev–Trinajstić information content (AvgIpc) is 2.86. The van der Waals surface area contributed by atoms with Gasteiger partial charge in [-0.1, -0.05) is 35.1 Å². The first-order valence-electron chi connectivity index (χ1n) is 5.22. The third-order valence-electron chi connectivity index (χ3n) is 2.23. The fourth-order valence-corrected chi connectivity index (χ4v) is 2.29. The van der Waals surface area contributed by atoms with Gasteiger partial charge in [0.05, 0.1) is 23.9 Å². The Morgan fingerprint density at radius 2 is 2.11 bits per heavy atom. The van der Waals surface area contributed by atoms with E-state index in [-0.39, 0.29) is 5.91 Å². The van der Waals surface area contributed by atoms with Gasteiger partial charge in [0, 0.05) is 0 Å². The molecule has 0 radical (unpaired) electrons. The summed E-state index contributed by atoms with van der Waals surface area (Å²) in [5, 5.41) is 3.24. The smallest absolute Gasteiger partial charge is 0.349 e. The number of benzene rings is 1. The Labute approximate surface area is 118 Å². The van der Waals surface area contributed by atoms with Gasteiger partial charge in [-0.05, 0) is 12.1 Å². The number of nitrogens with one attached hydrogen (secondary N) is 1. The number of nitrogens with zero attached hydrogens (tertiary/aromatic N) is 1. The summed E-state index contributed by atoms with van der Waals surface area (Å²) in [6.07, 6.45) is 1.35. The van der Waals surface area contributed by atoms with E-state index in [9.17, 15) is 9.59 Å². The van der Waals surface area contributed by atoms with Gasteiger partial charge in [0.1, 0.15) is 4.88 Å². The summed E-state index contributed by atoms with van der Waals surface area (Å²) in [5.41, 5.74) is 0.346. The number of aromatic nitrogens is 1. The van der Waals surface area contributed by atoms with Crippen LogP contribution < -0.4 is 5.32 Å². The van der Waals surface area contributed by atoms with E-state index < -0.39 is 5.97 Å². The summed E-state index contributed by atoms with van der Waals surface area (Å²) in [6.45, 7) is 0. The molecule has 19 heavy (non-hydrogen) atoms. The molecule has 0 aliphatic rings. The molecule has 98 valence electrons. The molecule has 7 heteroatoms. The van der Waals surface area contributed by atoms with E-state index in [1.807, 2.05) is 0 Å². The monoisotopic (exact) mass is 296 g/mol. The van der Waals surface area contributed by atoms with Crippen LogP contribution in [0.5, 0.6) is 0 Å². The third kappa shape index (κ3) is 3.10. The maximum absolute atomic E-state index is 11.9. The molecule has 1 amide bonds. The summed E-state index contributed by atoms with van der Waals surface area (Å²) < 4.78 is 4.56. The number of carbonyl (C=O) groups is 2. The molecule has 0 saturated heterocycles. The van der Waals surface area contributed by atoms with Gasteiger partial charge in [0.2, 0.25) is 0 Å². The van der Waals surface area contributed by atoms with Gasteiger partial charge < -0.3 is 4.74 Å². The van der Waals surface area contributed by atoms with Crippen molar-refractivity contribution in [3.05, 3.63) is 45.9 Å². The molecule has 1 heterocycles. The van der Waals surface area contributed by atoms with Gasteiger partial charge in [-0.2, -0.15) is 0 Å². The normalized spacial score (nSPS) is 10.0. The Morgan fingerprint density at radius 1 is 1.37 bits per heavy atom. The van der Waals surface area contributed by atoms with E-state index in [1.54, 1.807) is 24.3 Å². The Kier molecular flexibility index (Phi) is 4.13. The number of carbonyl (C=O) groups excluding carboxylic acids is 2. The molecule has 1 N–H and O–H groups in total. The molecule has 0 unspecified atom stereocenters. The van der Waals surface area contributed by atoms with Crippen LogP contribution >= 0.6 is 22.9 Å². The molecule has 0 atom stereocenters. The molecule has 0 bridgehead atoms. The fourth-order valence-electron chi connectivity index (χ4n) is 1.34. The highest BCUT2D eigenvalue weighted by Gasteiger charge is 2.14. The number of methoxy groups -OCH3 is 1. The average molecular weight is 297 g/mol. The molecule has 0 aliphatic heterocycles. The number of hydrogen-bond donors (Lipinski definition) is 1. The molecular weight excluding hydrogens is 288 g/mol. The predicted octanol–water partition coefficient (Wildman–Crippen LogP) is 2.84. The van der Waals surface area contributed by atoms with Gasteiger partial charge >= 0.3 is 5.97 Å². The summed E-state index contributed by atoms with van der Waals surface area (Å²) in [5.74, 6) is -0.868. The molecule has 2 rings (SSSR count). The Bertz CT molecular complexity index is 627. The highest BCUT2D eigenvalue weighted by Crippen LogP contribution is 2.21. The minimum absolute atomic E-state index is 0.310. The van der Waals surface area contributed by atoms with Gasteiger partial charge in [0.25, 0.3) is 5.91 Å². The van der Waals surface area contributed by atoms with E-state index in [0.29, 0.717) is 20.6 Å². The molecular formula is C12H9ClN2O3S. The zero-order valence-electron chi connectivity index (χ0n) is 9.84. The quantitative estimate of drug-likeness (QED) is 0.884. The lowest BCUT2D eigenvalue weighted by atomic mass is 10.2. The molecule has 5 nitrogen and oxygen atoms in total. The van der Waals surface area contributed by atoms with Crippen LogP contribution in [0, 0.1) is 0 Å². The lowest BCUT2D eigenvalue weighted by Gasteiger charge is -2.03. The van der Waals surface area contributed by atoms with E-state index >= 15 is 0 Å². The standard InChI is InChI=1S/C12H9ClN2O3S/c1-18-11(17)9-6-14-12(19-9)15-10(16)7-4-2-3-5-8(7)13/h2-6H,1H3,(H,14,15,16). The molecule has 0 spiro atoms. The van der Waals surface area contributed by atoms with E-state index in [2.05, 4.69) is 15.0 Å². The summed E-state index contributed by atoms with van der Waals surface area (Å²) in [7, 11) is 1.28. The highest BCUT2D eigenvalue weighted by molar-refractivity contribution is 7.17. The second-order valence-corrected chi connectivity index (χ2v) is 4.89. The minimum atomic E-state index is -0.490. The molecule has 0 saturated carbocycles. The Hall–Kier alpha value is -1.92. The second kappa shape index (κ2) is 5.81. The third-order valence-corrected chi connectivity index (χ3v) is 3.45. The van der Waals surface area contributed by atoms with Gasteiger partial charge in [-0.25, -0.2) is 9.78 Å². The number of amides is 1. The number of halogens is 1. The van der Waals surface area contributed by atoms with E-state index in [4.69, 9.17) is 11.6 Å². The van der Waals surface area contributed by atoms with Crippen molar-refractivity contribution in [1.82, 2.24) is 4.98 Å². The maximum Gasteiger partial charge on any atom is 0.349 e. The largest absolute Gasteiger partial charge is 0.465 e. The summed E-state index contributed by atoms with van der Waals surface area (Å²) >= 11 is 6.95. The lowest BCUT2D eigenvalue weighted by molar-refractivity contribution is 0.0606. The Morgan fingerprint density at radius 3 is 2.79 bits per heavy atom. The van der Waals surface area contributed by atoms with Crippen molar-refractivity contribution in [2.75, 3.05) is 12.4 Å². The number of anilines is 1. The number of rotatable bonds is 3. The van der Waals surface area contributed by atoms with Crippen molar-refractivity contribution in [3.63, 3.8) is 0 Å². The second-order valence-electron chi connectivity index (χ2n) is 3.46. The van der Waals surface area contributed by atoms with E-state index in [1.165, 1.54) is 13.3 Å². The topological polar surface area (TPSA) is 68.3 Å². The van der Waals surface area contributed by atoms with Crippen molar-refractivity contribution >= 4 is 39.9 Å². The van der Waals surface area contributed by atoms with Crippen molar-refractivity contribution in [2.24, 2.45) is 0 Å². The van der Waals surface area contributed by atoms with Crippen molar-refractivity contribution in [3.8, 4) is 0 Å². The first kappa shape index (κ1) is 13.5. The Balaban J connectivity index is 2.14. The van der Waals surface area contributed by atoms with Gasteiger partial charge in [-0.3, -0.25) is 10.1 Å². The van der Waals surface area contributed by atoms with Crippen molar-refractivity contribution in [1.29, 1.82) is 0 Å². The number of thiazole rings is 1. The first-order chi connectivity index (χ1) is 9.11. The van der Waals surface area contributed by atoms with Crippen molar-refractivity contribution in [2.45, 2.75) is 0 Å². The van der Waals surface area contributed by atoms with Crippen LogP contribution in [-0.4, -0.2) is 24.0 Å². The minimum Gasteiger partial charge on any atom is -0.465 e. The molecule has 0 aliphatic carbocycles. The van der Waals surface area contributed by atoms with Gasteiger partial charge in [0.15, 0.2) is 5.13 Å². The number of ether oxygens (including phenoxy) is 1. The highest BCUT2D eigenvalue weighted by atomic mass is 35.5. The van der Waals surface area contributed by atoms with Crippen molar-refractivity contribution < 1.29 is 14.3 Å². The number of esters is 1. The maximum atomic E-state index is 11.9. The predicted molar refractivity (Wildman–Crippen MR) is 72.9 cm³/mol. The lowest BCUT2D eigenvalue weighted by Crippen LogP contribution is -2.11. The summed E-state index contributed by atoms with van der Waals surface area (Å²) in [4.78, 5) is 27.4. The van der Waals surface area contributed by atoms with Crippen LogP contribution in [-0.2, 0) is 4.74 Å². The van der Waals surface area contributed by atoms with Crippen LogP contribution in [0.3, 0.4) is 0 Å². The zero-order chi connectivity index (χ0) is 13.8. The number of hydrogen-bond acceptors (Lipinski definition) is 5. The van der Waals surface area contributed by atoms with Crippen LogP contribution in [0.25, 0.3) is 0 Å². The molecule has 1 aromatic carbocycles. The fraction of sp³-hybridized carbons (Fsp3) is 0.0833. The van der Waals surface area contributed by atoms with Crippen LogP contribution in [0.4, 0.5) is 5.13 Å². The van der Waals surface area contributed by atoms with Gasteiger partial charge in [-0.15, -0.1) is 0 Å². The summed E-state index contributed by atoms with van der Waals surface area (Å²) in [6, 6.07) is 6.67.